The van der Waals surface area contributed by atoms with E-state index < -0.39 is 23.9 Å². The number of hydrogen-bond donors (Lipinski definition) is 0. The Balaban J connectivity index is 0. The van der Waals surface area contributed by atoms with E-state index in [9.17, 15) is 14.4 Å². The van der Waals surface area contributed by atoms with Gasteiger partial charge in [-0.15, -0.1) is 0 Å². The first-order chi connectivity index (χ1) is 7.02. The summed E-state index contributed by atoms with van der Waals surface area (Å²) >= 11 is 0. The van der Waals surface area contributed by atoms with E-state index in [-0.39, 0.29) is 42.8 Å². The molecule has 0 aromatic rings. The standard InChI is InChI=1S/C9H15NO5.Na/c1-4-14-8(12)7(10-6(3)11)9(13)15-5-2;/h7H,4-5H2,1-3H3,(H,10,11);/q;+1/p-1. The molecule has 0 radical (unpaired) electrons. The first-order valence-electron chi connectivity index (χ1n) is 4.57. The predicted octanol–water partition coefficient (Wildman–Crippen LogP) is -2.59. The molecule has 16 heavy (non-hydrogen) atoms. The van der Waals surface area contributed by atoms with E-state index in [2.05, 4.69) is 14.8 Å². The monoisotopic (exact) mass is 239 g/mol. The topological polar surface area (TPSA) is 83.8 Å². The number of ether oxygens (including phenoxy) is 2. The van der Waals surface area contributed by atoms with Gasteiger partial charge in [-0.25, -0.2) is 0 Å². The summed E-state index contributed by atoms with van der Waals surface area (Å²) in [5, 5.41) is 3.33. The minimum Gasteiger partial charge on any atom is -0.633 e. The third-order valence-electron chi connectivity index (χ3n) is 1.33. The van der Waals surface area contributed by atoms with Crippen molar-refractivity contribution in [2.24, 2.45) is 0 Å². The Labute approximate surface area is 116 Å². The van der Waals surface area contributed by atoms with Crippen molar-refractivity contribution in [1.82, 2.24) is 0 Å². The van der Waals surface area contributed by atoms with Crippen LogP contribution in [0.15, 0.2) is 0 Å². The van der Waals surface area contributed by atoms with Crippen LogP contribution in [0.2, 0.25) is 0 Å². The second-order valence-electron chi connectivity index (χ2n) is 2.55. The minimum absolute atomic E-state index is 0. The first-order valence-corrected chi connectivity index (χ1v) is 4.57. The molecule has 0 aromatic carbocycles. The van der Waals surface area contributed by atoms with Crippen LogP contribution in [0.3, 0.4) is 0 Å². The maximum atomic E-state index is 11.2. The molecule has 0 bridgehead atoms. The van der Waals surface area contributed by atoms with Gasteiger partial charge in [0.15, 0.2) is 0 Å². The number of hydrogen-bond acceptors (Lipinski definition) is 5. The summed E-state index contributed by atoms with van der Waals surface area (Å²) in [7, 11) is 0. The van der Waals surface area contributed by atoms with E-state index in [1.807, 2.05) is 0 Å². The van der Waals surface area contributed by atoms with E-state index in [0.717, 1.165) is 6.92 Å². The number of amides is 1. The summed E-state index contributed by atoms with van der Waals surface area (Å²) in [5.74, 6) is -2.36. The Morgan fingerprint density at radius 1 is 1.06 bits per heavy atom. The molecule has 0 saturated carbocycles. The van der Waals surface area contributed by atoms with Crippen LogP contribution in [-0.4, -0.2) is 37.1 Å². The second-order valence-corrected chi connectivity index (χ2v) is 2.55. The van der Waals surface area contributed by atoms with Crippen molar-refractivity contribution >= 4 is 17.8 Å². The molecule has 0 aromatic heterocycles. The number of esters is 2. The molecule has 0 atom stereocenters. The van der Waals surface area contributed by atoms with Crippen molar-refractivity contribution in [1.29, 1.82) is 0 Å². The van der Waals surface area contributed by atoms with Gasteiger partial charge in [0.2, 0.25) is 0 Å². The zero-order valence-corrected chi connectivity index (χ0v) is 12.0. The molecule has 6 nitrogen and oxygen atoms in total. The van der Waals surface area contributed by atoms with Crippen molar-refractivity contribution in [3.63, 3.8) is 0 Å². The maximum absolute atomic E-state index is 11.2. The van der Waals surface area contributed by atoms with Gasteiger partial charge in [0.05, 0.1) is 19.3 Å². The zero-order chi connectivity index (χ0) is 11.8. The Kier molecular flexibility index (Phi) is 10.7. The van der Waals surface area contributed by atoms with Crippen molar-refractivity contribution in [2.45, 2.75) is 26.8 Å². The molecule has 0 spiro atoms. The van der Waals surface area contributed by atoms with Gasteiger partial charge < -0.3 is 19.6 Å². The zero-order valence-electron chi connectivity index (χ0n) is 9.98. The number of nitrogens with zero attached hydrogens (tertiary/aromatic N) is 1. The van der Waals surface area contributed by atoms with Crippen LogP contribution in [0.25, 0.3) is 5.32 Å². The normalized spacial score (nSPS) is 9.00. The van der Waals surface area contributed by atoms with Gasteiger partial charge in [0.1, 0.15) is 0 Å². The molecular formula is C9H14NNaO5. The molecule has 0 aliphatic heterocycles. The molecule has 86 valence electrons. The Morgan fingerprint density at radius 2 is 1.44 bits per heavy atom. The van der Waals surface area contributed by atoms with Gasteiger partial charge in [-0.05, 0) is 20.8 Å². The van der Waals surface area contributed by atoms with Gasteiger partial charge in [-0.3, -0.25) is 9.59 Å². The third-order valence-corrected chi connectivity index (χ3v) is 1.33. The average molecular weight is 239 g/mol. The van der Waals surface area contributed by atoms with E-state index in [1.165, 1.54) is 0 Å². The molecule has 0 aliphatic rings. The number of carbonyl (C=O) groups is 3. The van der Waals surface area contributed by atoms with E-state index in [4.69, 9.17) is 0 Å². The summed E-state index contributed by atoms with van der Waals surface area (Å²) in [6.45, 7) is 4.55. The molecule has 0 saturated heterocycles. The fourth-order valence-electron chi connectivity index (χ4n) is 0.826. The number of rotatable bonds is 5. The maximum Gasteiger partial charge on any atom is 1.00 e. The summed E-state index contributed by atoms with van der Waals surface area (Å²) in [4.78, 5) is 33.1. The summed E-state index contributed by atoms with van der Waals surface area (Å²) in [6, 6.07) is -1.50. The molecular weight excluding hydrogens is 225 g/mol. The fourth-order valence-corrected chi connectivity index (χ4v) is 0.826. The van der Waals surface area contributed by atoms with E-state index in [1.54, 1.807) is 13.8 Å². The third kappa shape index (κ3) is 6.81. The fraction of sp³-hybridized carbons (Fsp3) is 0.667. The van der Waals surface area contributed by atoms with Crippen LogP contribution in [0.5, 0.6) is 0 Å². The molecule has 0 rings (SSSR count). The predicted molar refractivity (Wildman–Crippen MR) is 51.1 cm³/mol. The SMILES string of the molecule is CCOC(=O)C([N-]C(C)=O)C(=O)OCC.[Na+]. The molecule has 7 heteroatoms. The average Bonchev–Trinajstić information content (AvgIpc) is 2.14. The van der Waals surface area contributed by atoms with Crippen LogP contribution in [0, 0.1) is 0 Å². The second kappa shape index (κ2) is 9.62. The van der Waals surface area contributed by atoms with Crippen LogP contribution in [0.1, 0.15) is 20.8 Å². The van der Waals surface area contributed by atoms with Gasteiger partial charge in [-0.1, -0.05) is 0 Å². The largest absolute Gasteiger partial charge is 1.00 e. The van der Waals surface area contributed by atoms with Gasteiger partial charge in [0.25, 0.3) is 0 Å². The molecule has 0 heterocycles. The van der Waals surface area contributed by atoms with Crippen molar-refractivity contribution in [3.05, 3.63) is 5.32 Å². The Hall–Kier alpha value is -0.590. The van der Waals surface area contributed by atoms with Crippen LogP contribution < -0.4 is 29.6 Å². The van der Waals surface area contributed by atoms with Gasteiger partial charge >= 0.3 is 41.5 Å². The van der Waals surface area contributed by atoms with Crippen molar-refractivity contribution in [3.8, 4) is 0 Å². The molecule has 1 amide bonds. The molecule has 0 fully saturated rings. The molecule has 0 N–H and O–H groups in total. The van der Waals surface area contributed by atoms with E-state index >= 15 is 0 Å². The Morgan fingerprint density at radius 3 is 1.69 bits per heavy atom. The molecule has 0 aliphatic carbocycles. The smallest absolute Gasteiger partial charge is 0.633 e. The molecule has 0 unspecified atom stereocenters. The summed E-state index contributed by atoms with van der Waals surface area (Å²) in [5.41, 5.74) is 0. The van der Waals surface area contributed by atoms with Crippen molar-refractivity contribution in [2.75, 3.05) is 13.2 Å². The quantitative estimate of drug-likeness (QED) is 0.298. The first kappa shape index (κ1) is 17.8. The minimum atomic E-state index is -1.50. The van der Waals surface area contributed by atoms with Gasteiger partial charge in [0, 0.05) is 5.91 Å². The van der Waals surface area contributed by atoms with Crippen LogP contribution >= 0.6 is 0 Å². The van der Waals surface area contributed by atoms with E-state index in [0.29, 0.717) is 0 Å². The Bertz CT molecular complexity index is 238. The van der Waals surface area contributed by atoms with Crippen LogP contribution in [0.4, 0.5) is 0 Å². The van der Waals surface area contributed by atoms with Crippen LogP contribution in [-0.2, 0) is 23.9 Å². The van der Waals surface area contributed by atoms with Crippen molar-refractivity contribution < 1.29 is 53.4 Å². The van der Waals surface area contributed by atoms with Gasteiger partial charge in [-0.2, -0.15) is 0 Å². The summed E-state index contributed by atoms with van der Waals surface area (Å²) in [6.07, 6.45) is 0. The summed E-state index contributed by atoms with van der Waals surface area (Å²) < 4.78 is 9.17. The number of carbonyl (C=O) groups excluding carboxylic acids is 3.